The molecule has 2 rings (SSSR count). The predicted octanol–water partition coefficient (Wildman–Crippen LogP) is 3.68. The molecule has 2 N–H and O–H groups in total. The first-order valence-corrected chi connectivity index (χ1v) is 8.05. The summed E-state index contributed by atoms with van der Waals surface area (Å²) in [6, 6.07) is 7.30. The molecule has 2 amide bonds. The summed E-state index contributed by atoms with van der Waals surface area (Å²) in [5, 5.41) is 9.66. The van der Waals surface area contributed by atoms with Gasteiger partial charge in [-0.2, -0.15) is 0 Å². The van der Waals surface area contributed by atoms with Gasteiger partial charge in [0.1, 0.15) is 5.75 Å². The number of hydrogen-bond donors (Lipinski definition) is 2. The average molecular weight is 331 g/mol. The van der Waals surface area contributed by atoms with Crippen molar-refractivity contribution in [3.63, 3.8) is 0 Å². The Labute approximate surface area is 142 Å². The molecule has 0 aliphatic heterocycles. The van der Waals surface area contributed by atoms with Crippen molar-refractivity contribution in [2.45, 2.75) is 46.2 Å². The zero-order valence-corrected chi connectivity index (χ0v) is 14.8. The molecular formula is C18H25N3O3. The lowest BCUT2D eigenvalue weighted by Crippen LogP contribution is -2.36. The first kappa shape index (κ1) is 17.8. The van der Waals surface area contributed by atoms with Crippen LogP contribution in [0.25, 0.3) is 0 Å². The van der Waals surface area contributed by atoms with Crippen molar-refractivity contribution < 1.29 is 14.1 Å². The molecule has 1 heterocycles. The lowest BCUT2D eigenvalue weighted by Gasteiger charge is -2.18. The van der Waals surface area contributed by atoms with Crippen LogP contribution in [0.2, 0.25) is 0 Å². The predicted molar refractivity (Wildman–Crippen MR) is 92.1 cm³/mol. The van der Waals surface area contributed by atoms with Crippen LogP contribution in [0.15, 0.2) is 28.8 Å². The van der Waals surface area contributed by atoms with Crippen molar-refractivity contribution in [2.75, 3.05) is 7.11 Å². The maximum atomic E-state index is 12.1. The van der Waals surface area contributed by atoms with E-state index in [-0.39, 0.29) is 12.1 Å². The molecule has 0 aliphatic rings. The van der Waals surface area contributed by atoms with E-state index in [0.29, 0.717) is 18.2 Å². The van der Waals surface area contributed by atoms with E-state index in [4.69, 9.17) is 9.26 Å². The number of ether oxygens (including phenoxy) is 1. The van der Waals surface area contributed by atoms with Gasteiger partial charge in [0, 0.05) is 11.6 Å². The topological polar surface area (TPSA) is 76.4 Å². The number of benzene rings is 1. The molecule has 0 saturated carbocycles. The molecule has 0 spiro atoms. The van der Waals surface area contributed by atoms with Crippen molar-refractivity contribution in [3.8, 4) is 5.75 Å². The number of nitrogens with zero attached hydrogens (tertiary/aromatic N) is 1. The van der Waals surface area contributed by atoms with Crippen LogP contribution in [0.1, 0.15) is 55.3 Å². The average Bonchev–Trinajstić information content (AvgIpc) is 3.02. The minimum absolute atomic E-state index is 0.180. The van der Waals surface area contributed by atoms with Gasteiger partial charge in [-0.3, -0.25) is 0 Å². The smallest absolute Gasteiger partial charge is 0.315 e. The number of aryl methyl sites for hydroxylation is 1. The molecule has 6 heteroatoms. The Morgan fingerprint density at radius 2 is 2.04 bits per heavy atom. The number of urea groups is 1. The normalized spacial score (nSPS) is 12.1. The van der Waals surface area contributed by atoms with E-state index in [1.165, 1.54) is 0 Å². The lowest BCUT2D eigenvalue weighted by atomic mass is 10.0. The van der Waals surface area contributed by atoms with E-state index in [2.05, 4.69) is 15.8 Å². The third kappa shape index (κ3) is 4.50. The maximum absolute atomic E-state index is 12.1. The van der Waals surface area contributed by atoms with Crippen molar-refractivity contribution >= 4 is 6.03 Å². The first-order chi connectivity index (χ1) is 11.4. The second kappa shape index (κ2) is 7.86. The summed E-state index contributed by atoms with van der Waals surface area (Å²) in [6.07, 6.45) is 0. The Hall–Kier alpha value is -2.50. The van der Waals surface area contributed by atoms with Gasteiger partial charge in [-0.15, -0.1) is 0 Å². The number of carbonyl (C=O) groups is 1. The molecule has 1 atom stereocenters. The summed E-state index contributed by atoms with van der Waals surface area (Å²) in [6.45, 7) is 8.30. The molecule has 2 aromatic rings. The van der Waals surface area contributed by atoms with E-state index in [0.717, 1.165) is 22.6 Å². The Balaban J connectivity index is 1.93. The van der Waals surface area contributed by atoms with E-state index >= 15 is 0 Å². The van der Waals surface area contributed by atoms with Gasteiger partial charge < -0.3 is 19.9 Å². The molecule has 0 bridgehead atoms. The van der Waals surface area contributed by atoms with Gasteiger partial charge in [-0.25, -0.2) is 4.79 Å². The molecule has 0 saturated heterocycles. The SMILES string of the molecule is COc1ccc(C)cc1[C@H](C)NC(=O)NCc1cc(C(C)C)no1. The summed E-state index contributed by atoms with van der Waals surface area (Å²) >= 11 is 0. The molecule has 1 aromatic carbocycles. The van der Waals surface area contributed by atoms with Gasteiger partial charge in [0.2, 0.25) is 0 Å². The highest BCUT2D eigenvalue weighted by Gasteiger charge is 2.15. The highest BCUT2D eigenvalue weighted by molar-refractivity contribution is 5.74. The summed E-state index contributed by atoms with van der Waals surface area (Å²) in [5.74, 6) is 1.69. The summed E-state index contributed by atoms with van der Waals surface area (Å²) < 4.78 is 10.6. The number of aromatic nitrogens is 1. The van der Waals surface area contributed by atoms with Crippen LogP contribution in [0, 0.1) is 6.92 Å². The number of hydrogen-bond acceptors (Lipinski definition) is 4. The third-order valence-electron chi connectivity index (χ3n) is 3.79. The summed E-state index contributed by atoms with van der Waals surface area (Å²) in [7, 11) is 1.62. The second-order valence-corrected chi connectivity index (χ2v) is 6.17. The van der Waals surface area contributed by atoms with Crippen molar-refractivity contribution in [1.29, 1.82) is 0 Å². The molecule has 130 valence electrons. The van der Waals surface area contributed by atoms with Crippen LogP contribution in [0.5, 0.6) is 5.75 Å². The Bertz CT molecular complexity index is 695. The van der Waals surface area contributed by atoms with Gasteiger partial charge in [-0.1, -0.05) is 36.7 Å². The third-order valence-corrected chi connectivity index (χ3v) is 3.79. The van der Waals surface area contributed by atoms with E-state index in [1.54, 1.807) is 7.11 Å². The zero-order chi connectivity index (χ0) is 17.7. The van der Waals surface area contributed by atoms with Crippen LogP contribution in [-0.2, 0) is 6.54 Å². The highest BCUT2D eigenvalue weighted by Crippen LogP contribution is 2.25. The van der Waals surface area contributed by atoms with Crippen molar-refractivity contribution in [3.05, 3.63) is 46.8 Å². The number of carbonyl (C=O) groups excluding carboxylic acids is 1. The van der Waals surface area contributed by atoms with Crippen molar-refractivity contribution in [2.24, 2.45) is 0 Å². The van der Waals surface area contributed by atoms with Gasteiger partial charge >= 0.3 is 6.03 Å². The standard InChI is InChI=1S/C18H25N3O3/c1-11(2)16-9-14(24-21-16)10-19-18(22)20-13(4)15-8-12(3)6-7-17(15)23-5/h6-9,11,13H,10H2,1-5H3,(H2,19,20,22)/t13-/m0/s1. The number of rotatable bonds is 6. The maximum Gasteiger partial charge on any atom is 0.315 e. The van der Waals surface area contributed by atoms with Crippen LogP contribution in [-0.4, -0.2) is 18.3 Å². The molecule has 0 aliphatic carbocycles. The van der Waals surface area contributed by atoms with Crippen LogP contribution in [0.4, 0.5) is 4.79 Å². The minimum Gasteiger partial charge on any atom is -0.496 e. The molecule has 0 radical (unpaired) electrons. The molecule has 24 heavy (non-hydrogen) atoms. The van der Waals surface area contributed by atoms with Gasteiger partial charge in [0.25, 0.3) is 0 Å². The van der Waals surface area contributed by atoms with E-state index < -0.39 is 0 Å². The van der Waals surface area contributed by atoms with E-state index in [9.17, 15) is 4.79 Å². The largest absolute Gasteiger partial charge is 0.496 e. The van der Waals surface area contributed by atoms with E-state index in [1.807, 2.05) is 52.0 Å². The Morgan fingerprint density at radius 3 is 2.67 bits per heavy atom. The lowest BCUT2D eigenvalue weighted by molar-refractivity contribution is 0.235. The molecule has 0 fully saturated rings. The number of methoxy groups -OCH3 is 1. The molecular weight excluding hydrogens is 306 g/mol. The van der Waals surface area contributed by atoms with Gasteiger partial charge in [0.05, 0.1) is 25.4 Å². The fraction of sp³-hybridized carbons (Fsp3) is 0.444. The fourth-order valence-corrected chi connectivity index (χ4v) is 2.37. The Kier molecular flexibility index (Phi) is 5.84. The summed E-state index contributed by atoms with van der Waals surface area (Å²) in [4.78, 5) is 12.1. The second-order valence-electron chi connectivity index (χ2n) is 6.17. The molecule has 6 nitrogen and oxygen atoms in total. The first-order valence-electron chi connectivity index (χ1n) is 8.05. The quantitative estimate of drug-likeness (QED) is 0.846. The minimum atomic E-state index is -0.270. The zero-order valence-electron chi connectivity index (χ0n) is 14.8. The monoisotopic (exact) mass is 331 g/mol. The molecule has 0 unspecified atom stereocenters. The number of amides is 2. The van der Waals surface area contributed by atoms with Gasteiger partial charge in [0.15, 0.2) is 5.76 Å². The highest BCUT2D eigenvalue weighted by atomic mass is 16.5. The van der Waals surface area contributed by atoms with Crippen LogP contribution < -0.4 is 15.4 Å². The van der Waals surface area contributed by atoms with Crippen molar-refractivity contribution in [1.82, 2.24) is 15.8 Å². The Morgan fingerprint density at radius 1 is 1.29 bits per heavy atom. The fourth-order valence-electron chi connectivity index (χ4n) is 2.37. The van der Waals surface area contributed by atoms with Crippen LogP contribution in [0.3, 0.4) is 0 Å². The van der Waals surface area contributed by atoms with Crippen LogP contribution >= 0.6 is 0 Å². The number of nitrogens with one attached hydrogen (secondary N) is 2. The van der Waals surface area contributed by atoms with Gasteiger partial charge in [-0.05, 0) is 25.8 Å². The summed E-state index contributed by atoms with van der Waals surface area (Å²) in [5.41, 5.74) is 2.93. The molecule has 1 aromatic heterocycles.